The fourth-order valence-electron chi connectivity index (χ4n) is 3.92. The molecule has 0 radical (unpaired) electrons. The van der Waals surface area contributed by atoms with Crippen molar-refractivity contribution < 1.29 is 33.6 Å². The zero-order chi connectivity index (χ0) is 19.0. The van der Waals surface area contributed by atoms with E-state index in [1.165, 1.54) is 21.3 Å². The number of aliphatic hydroxyl groups is 1. The lowest BCUT2D eigenvalue weighted by atomic mass is 9.59. The number of methoxy groups -OCH3 is 3. The van der Waals surface area contributed by atoms with Crippen LogP contribution in [0.15, 0.2) is 0 Å². The summed E-state index contributed by atoms with van der Waals surface area (Å²) < 4.78 is 20.6. The second-order valence-electron chi connectivity index (χ2n) is 6.64. The van der Waals surface area contributed by atoms with Crippen LogP contribution in [0.3, 0.4) is 0 Å². The third kappa shape index (κ3) is 5.39. The molecule has 0 heterocycles. The number of alkyl halides is 1. The van der Waals surface area contributed by atoms with Crippen LogP contribution in [0.2, 0.25) is 0 Å². The number of esters is 2. The van der Waals surface area contributed by atoms with Crippen LogP contribution in [0.4, 0.5) is 0 Å². The Kier molecular flexibility index (Phi) is 9.34. The van der Waals surface area contributed by atoms with Gasteiger partial charge in [0.25, 0.3) is 0 Å². The van der Waals surface area contributed by atoms with Crippen molar-refractivity contribution in [1.82, 2.24) is 0 Å². The molecule has 0 aromatic heterocycles. The Balaban J connectivity index is 3.24. The molecule has 0 aromatic carbocycles. The van der Waals surface area contributed by atoms with Gasteiger partial charge in [0.1, 0.15) is 6.79 Å². The van der Waals surface area contributed by atoms with Crippen LogP contribution in [0, 0.1) is 17.3 Å². The van der Waals surface area contributed by atoms with Crippen molar-refractivity contribution >= 4 is 27.9 Å². The highest BCUT2D eigenvalue weighted by Gasteiger charge is 2.53. The first-order valence-electron chi connectivity index (χ1n) is 8.35. The fourth-order valence-corrected chi connectivity index (χ4v) is 4.15. The third-order valence-electron chi connectivity index (χ3n) is 5.12. The molecule has 0 aliphatic heterocycles. The Labute approximate surface area is 157 Å². The maximum absolute atomic E-state index is 12.3. The van der Waals surface area contributed by atoms with Crippen LogP contribution in [0.1, 0.15) is 32.6 Å². The smallest absolute Gasteiger partial charge is 0.320 e. The largest absolute Gasteiger partial charge is 0.468 e. The van der Waals surface area contributed by atoms with Crippen molar-refractivity contribution in [3.05, 3.63) is 0 Å². The van der Waals surface area contributed by atoms with Gasteiger partial charge >= 0.3 is 11.9 Å². The van der Waals surface area contributed by atoms with Gasteiger partial charge in [-0.25, -0.2) is 0 Å². The molecule has 7 nitrogen and oxygen atoms in total. The van der Waals surface area contributed by atoms with Crippen molar-refractivity contribution in [3.63, 3.8) is 0 Å². The van der Waals surface area contributed by atoms with E-state index < -0.39 is 29.4 Å². The molecule has 0 aromatic rings. The zero-order valence-corrected chi connectivity index (χ0v) is 16.9. The molecular weight excluding hydrogens is 396 g/mol. The summed E-state index contributed by atoms with van der Waals surface area (Å²) in [6.45, 7) is 2.06. The molecule has 1 rings (SSSR count). The summed E-state index contributed by atoms with van der Waals surface area (Å²) in [5, 5.41) is 10.6. The first-order valence-corrected chi connectivity index (χ1v) is 9.48. The lowest BCUT2D eigenvalue weighted by Crippen LogP contribution is -2.52. The molecule has 0 unspecified atom stereocenters. The normalized spacial score (nSPS) is 27.8. The highest BCUT2D eigenvalue weighted by Crippen LogP contribution is 2.50. The highest BCUT2D eigenvalue weighted by atomic mass is 79.9. The van der Waals surface area contributed by atoms with Crippen LogP contribution in [-0.2, 0) is 28.5 Å². The standard InChI is InChI=1S/C17H29BrO7/c1-17(8-11(19)9-18)12(6-5-7-13(17)25-10-22-2)14(15(20)23-3)16(21)24-4/h11-14,19H,5-10H2,1-4H3/t11-,12+,13-,17-/m1/s1. The van der Waals surface area contributed by atoms with E-state index in [1.54, 1.807) is 0 Å². The van der Waals surface area contributed by atoms with Crippen LogP contribution in [-0.4, -0.2) is 62.7 Å². The predicted octanol–water partition coefficient (Wildman–Crippen LogP) is 1.89. The quantitative estimate of drug-likeness (QED) is 0.261. The SMILES string of the molecule is COCO[C@@H]1CCC[C@@H](C(C(=O)OC)C(=O)OC)[C@@]1(C)C[C@@H](O)CBr. The second kappa shape index (κ2) is 10.4. The van der Waals surface area contributed by atoms with Crippen molar-refractivity contribution in [2.75, 3.05) is 33.5 Å². The average molecular weight is 425 g/mol. The first kappa shape index (κ1) is 22.3. The third-order valence-corrected chi connectivity index (χ3v) is 5.86. The van der Waals surface area contributed by atoms with Crippen molar-refractivity contribution in [1.29, 1.82) is 0 Å². The number of rotatable bonds is 9. The van der Waals surface area contributed by atoms with Crippen LogP contribution in [0.25, 0.3) is 0 Å². The number of carbonyl (C=O) groups is 2. The number of halogens is 1. The van der Waals surface area contributed by atoms with Gasteiger partial charge in [-0.1, -0.05) is 29.3 Å². The van der Waals surface area contributed by atoms with Crippen molar-refractivity contribution in [3.8, 4) is 0 Å². The molecular formula is C17H29BrO7. The van der Waals surface area contributed by atoms with Gasteiger partial charge in [-0.05, 0) is 25.2 Å². The Morgan fingerprint density at radius 3 is 2.28 bits per heavy atom. The minimum Gasteiger partial charge on any atom is -0.468 e. The molecule has 1 fully saturated rings. The minimum atomic E-state index is -1.04. The van der Waals surface area contributed by atoms with Crippen LogP contribution >= 0.6 is 15.9 Å². The molecule has 0 bridgehead atoms. The van der Waals surface area contributed by atoms with Crippen molar-refractivity contribution in [2.45, 2.75) is 44.8 Å². The Morgan fingerprint density at radius 2 is 1.80 bits per heavy atom. The van der Waals surface area contributed by atoms with E-state index in [-0.39, 0.29) is 18.8 Å². The Hall–Kier alpha value is -0.700. The van der Waals surface area contributed by atoms with Gasteiger partial charge in [-0.3, -0.25) is 9.59 Å². The molecule has 4 atom stereocenters. The summed E-state index contributed by atoms with van der Waals surface area (Å²) in [6.07, 6.45) is 1.70. The summed E-state index contributed by atoms with van der Waals surface area (Å²) in [4.78, 5) is 24.6. The average Bonchev–Trinajstić information content (AvgIpc) is 2.61. The van der Waals surface area contributed by atoms with Crippen molar-refractivity contribution in [2.24, 2.45) is 17.3 Å². The Bertz CT molecular complexity index is 429. The molecule has 1 aliphatic carbocycles. The molecule has 146 valence electrons. The summed E-state index contributed by atoms with van der Waals surface area (Å²) in [5.74, 6) is -2.65. The number of hydrogen-bond donors (Lipinski definition) is 1. The fraction of sp³-hybridized carbons (Fsp3) is 0.882. The van der Waals surface area contributed by atoms with E-state index in [2.05, 4.69) is 15.9 Å². The molecule has 0 spiro atoms. The summed E-state index contributed by atoms with van der Waals surface area (Å²) in [7, 11) is 4.05. The van der Waals surface area contributed by atoms with E-state index in [1.807, 2.05) is 6.92 Å². The summed E-state index contributed by atoms with van der Waals surface area (Å²) in [6, 6.07) is 0. The minimum absolute atomic E-state index is 0.110. The van der Waals surface area contributed by atoms with Gasteiger partial charge in [0.2, 0.25) is 0 Å². The van der Waals surface area contributed by atoms with Gasteiger partial charge in [0.15, 0.2) is 5.92 Å². The summed E-state index contributed by atoms with van der Waals surface area (Å²) >= 11 is 3.28. The lowest BCUT2D eigenvalue weighted by molar-refractivity contribution is -0.183. The maximum atomic E-state index is 12.3. The number of ether oxygens (including phenoxy) is 4. The molecule has 1 N–H and O–H groups in total. The van der Waals surface area contributed by atoms with Gasteiger partial charge in [-0.2, -0.15) is 0 Å². The Morgan fingerprint density at radius 1 is 1.20 bits per heavy atom. The topological polar surface area (TPSA) is 91.3 Å². The first-order chi connectivity index (χ1) is 11.8. The van der Waals surface area contributed by atoms with Gasteiger partial charge < -0.3 is 24.1 Å². The predicted molar refractivity (Wildman–Crippen MR) is 94.1 cm³/mol. The van der Waals surface area contributed by atoms with Gasteiger partial charge in [-0.15, -0.1) is 0 Å². The van der Waals surface area contributed by atoms with E-state index in [0.717, 1.165) is 12.8 Å². The highest BCUT2D eigenvalue weighted by molar-refractivity contribution is 9.09. The summed E-state index contributed by atoms with van der Waals surface area (Å²) in [5.41, 5.74) is -0.614. The second-order valence-corrected chi connectivity index (χ2v) is 7.29. The van der Waals surface area contributed by atoms with E-state index in [9.17, 15) is 14.7 Å². The zero-order valence-electron chi connectivity index (χ0n) is 15.3. The van der Waals surface area contributed by atoms with Crippen LogP contribution in [0.5, 0.6) is 0 Å². The molecule has 8 heteroatoms. The number of hydrogen-bond acceptors (Lipinski definition) is 7. The monoisotopic (exact) mass is 424 g/mol. The molecule has 0 amide bonds. The number of carbonyl (C=O) groups excluding carboxylic acids is 2. The molecule has 1 aliphatic rings. The molecule has 0 saturated heterocycles. The van der Waals surface area contributed by atoms with E-state index in [0.29, 0.717) is 18.2 Å². The van der Waals surface area contributed by atoms with E-state index >= 15 is 0 Å². The number of aliphatic hydroxyl groups excluding tert-OH is 1. The van der Waals surface area contributed by atoms with Gasteiger partial charge in [0.05, 0.1) is 26.4 Å². The lowest BCUT2D eigenvalue weighted by Gasteiger charge is -2.49. The molecule has 25 heavy (non-hydrogen) atoms. The van der Waals surface area contributed by atoms with Crippen LogP contribution < -0.4 is 0 Å². The molecule has 1 saturated carbocycles. The maximum Gasteiger partial charge on any atom is 0.320 e. The van der Waals surface area contributed by atoms with E-state index in [4.69, 9.17) is 18.9 Å². The van der Waals surface area contributed by atoms with Gasteiger partial charge in [0, 0.05) is 17.9 Å².